The maximum absolute atomic E-state index is 14.1. The van der Waals surface area contributed by atoms with E-state index in [0.29, 0.717) is 23.8 Å². The molecule has 4 aliphatic carbocycles. The highest BCUT2D eigenvalue weighted by atomic mass is 19.2. The second-order valence-electron chi connectivity index (χ2n) is 11.3. The van der Waals surface area contributed by atoms with Gasteiger partial charge in [0.15, 0.2) is 17.5 Å². The van der Waals surface area contributed by atoms with Crippen LogP contribution in [0.3, 0.4) is 0 Å². The topological polar surface area (TPSA) is 0 Å². The maximum Gasteiger partial charge on any atom is 0.194 e. The number of hydrogen-bond donors (Lipinski definition) is 0. The van der Waals surface area contributed by atoms with E-state index in [1.165, 1.54) is 70.3 Å². The molecule has 3 fully saturated rings. The molecule has 0 spiro atoms. The standard InChI is InChI=1S/C27H37F3/c1-16-2-4-17(5-3-16)18-6-7-20-13-21(9-8-19(20)12-18)22-10-11-24-23(14-22)15-25(28)27(30)26(24)29/h15-22H,2-14H2,1H3. The van der Waals surface area contributed by atoms with Crippen molar-refractivity contribution in [1.82, 2.24) is 0 Å². The van der Waals surface area contributed by atoms with Crippen LogP contribution >= 0.6 is 0 Å². The Labute approximate surface area is 180 Å². The van der Waals surface area contributed by atoms with Crippen molar-refractivity contribution >= 4 is 0 Å². The summed E-state index contributed by atoms with van der Waals surface area (Å²) < 4.78 is 41.5. The molecule has 0 bridgehead atoms. The second kappa shape index (κ2) is 8.51. The Morgan fingerprint density at radius 1 is 0.633 bits per heavy atom. The van der Waals surface area contributed by atoms with Crippen LogP contribution < -0.4 is 0 Å². The van der Waals surface area contributed by atoms with Gasteiger partial charge in [-0.1, -0.05) is 19.8 Å². The van der Waals surface area contributed by atoms with Gasteiger partial charge >= 0.3 is 0 Å². The number of halogens is 3. The molecule has 0 amide bonds. The lowest BCUT2D eigenvalue weighted by atomic mass is 9.59. The first kappa shape index (κ1) is 20.9. The lowest BCUT2D eigenvalue weighted by molar-refractivity contribution is 0.0449. The van der Waals surface area contributed by atoms with E-state index in [1.54, 1.807) is 0 Å². The van der Waals surface area contributed by atoms with Crippen LogP contribution in [0.2, 0.25) is 0 Å². The minimum absolute atomic E-state index is 0.432. The molecule has 0 heterocycles. The van der Waals surface area contributed by atoms with Crippen LogP contribution in [0.1, 0.15) is 88.7 Å². The first-order valence-corrected chi connectivity index (χ1v) is 12.6. The molecule has 4 aliphatic rings. The predicted octanol–water partition coefficient (Wildman–Crippen LogP) is 7.87. The molecule has 5 atom stereocenters. The molecule has 5 unspecified atom stereocenters. The fourth-order valence-corrected chi connectivity index (χ4v) is 7.83. The summed E-state index contributed by atoms with van der Waals surface area (Å²) in [6.07, 6.45) is 16.2. The average molecular weight is 419 g/mol. The molecule has 3 heteroatoms. The summed E-state index contributed by atoms with van der Waals surface area (Å²) in [6, 6.07) is 1.27. The Bertz CT molecular complexity index is 764. The second-order valence-corrected chi connectivity index (χ2v) is 11.3. The van der Waals surface area contributed by atoms with Crippen LogP contribution in [0.5, 0.6) is 0 Å². The molecule has 30 heavy (non-hydrogen) atoms. The van der Waals surface area contributed by atoms with Crippen molar-refractivity contribution < 1.29 is 13.2 Å². The van der Waals surface area contributed by atoms with Gasteiger partial charge < -0.3 is 0 Å². The molecular weight excluding hydrogens is 381 g/mol. The highest BCUT2D eigenvalue weighted by Crippen LogP contribution is 2.51. The highest BCUT2D eigenvalue weighted by molar-refractivity contribution is 5.33. The van der Waals surface area contributed by atoms with Gasteiger partial charge in [-0.2, -0.15) is 0 Å². The van der Waals surface area contributed by atoms with Crippen LogP contribution in [0.4, 0.5) is 13.2 Å². The van der Waals surface area contributed by atoms with Gasteiger partial charge in [-0.05, 0) is 129 Å². The normalized spacial score (nSPS) is 39.3. The zero-order valence-corrected chi connectivity index (χ0v) is 18.4. The van der Waals surface area contributed by atoms with Crippen LogP contribution in [0, 0.1) is 58.9 Å². The van der Waals surface area contributed by atoms with Crippen molar-refractivity contribution in [3.63, 3.8) is 0 Å². The first-order chi connectivity index (χ1) is 14.5. The third-order valence-electron chi connectivity index (χ3n) is 9.69. The van der Waals surface area contributed by atoms with Gasteiger partial charge in [0.05, 0.1) is 0 Å². The summed E-state index contributed by atoms with van der Waals surface area (Å²) in [4.78, 5) is 0. The van der Waals surface area contributed by atoms with Crippen LogP contribution in [-0.4, -0.2) is 0 Å². The summed E-state index contributed by atoms with van der Waals surface area (Å²) in [5.41, 5.74) is 1.15. The van der Waals surface area contributed by atoms with Gasteiger partial charge in [0.25, 0.3) is 0 Å². The van der Waals surface area contributed by atoms with E-state index in [1.807, 2.05) is 0 Å². The zero-order chi connectivity index (χ0) is 20.8. The predicted molar refractivity (Wildman–Crippen MR) is 115 cm³/mol. The van der Waals surface area contributed by atoms with E-state index in [2.05, 4.69) is 6.92 Å². The summed E-state index contributed by atoms with van der Waals surface area (Å²) >= 11 is 0. The van der Waals surface area contributed by atoms with Crippen LogP contribution in [0.25, 0.3) is 0 Å². The molecule has 3 saturated carbocycles. The number of fused-ring (bicyclic) bond motifs is 2. The molecule has 0 radical (unpaired) electrons. The molecule has 166 valence electrons. The molecule has 1 aromatic rings. The average Bonchev–Trinajstić information content (AvgIpc) is 2.77. The Kier molecular flexibility index (Phi) is 5.92. The van der Waals surface area contributed by atoms with Gasteiger partial charge in [0, 0.05) is 0 Å². The monoisotopic (exact) mass is 418 g/mol. The lowest BCUT2D eigenvalue weighted by Gasteiger charge is -2.47. The van der Waals surface area contributed by atoms with Crippen molar-refractivity contribution in [2.24, 2.45) is 41.4 Å². The molecular formula is C27H37F3. The van der Waals surface area contributed by atoms with E-state index < -0.39 is 17.5 Å². The van der Waals surface area contributed by atoms with E-state index >= 15 is 0 Å². The third kappa shape index (κ3) is 3.95. The van der Waals surface area contributed by atoms with E-state index in [-0.39, 0.29) is 0 Å². The number of hydrogen-bond acceptors (Lipinski definition) is 0. The maximum atomic E-state index is 14.1. The molecule has 5 rings (SSSR count). The quantitative estimate of drug-likeness (QED) is 0.429. The number of rotatable bonds is 2. The third-order valence-corrected chi connectivity index (χ3v) is 9.69. The molecule has 0 N–H and O–H groups in total. The lowest BCUT2D eigenvalue weighted by Crippen LogP contribution is -2.37. The summed E-state index contributed by atoms with van der Waals surface area (Å²) in [5, 5.41) is 0. The SMILES string of the molecule is CC1CCC(C2CCC3CC(C4CCc5c(cc(F)c(F)c5F)C4)CCC3C2)CC1. The van der Waals surface area contributed by atoms with Crippen molar-refractivity contribution in [2.75, 3.05) is 0 Å². The van der Waals surface area contributed by atoms with Crippen molar-refractivity contribution in [1.29, 1.82) is 0 Å². The zero-order valence-electron chi connectivity index (χ0n) is 18.4. The smallest absolute Gasteiger partial charge is 0.194 e. The van der Waals surface area contributed by atoms with E-state index in [4.69, 9.17) is 0 Å². The fraction of sp³-hybridized carbons (Fsp3) is 0.778. The van der Waals surface area contributed by atoms with E-state index in [0.717, 1.165) is 48.0 Å². The molecule has 0 aromatic heterocycles. The summed E-state index contributed by atoms with van der Waals surface area (Å²) in [7, 11) is 0. The molecule has 0 aliphatic heterocycles. The fourth-order valence-electron chi connectivity index (χ4n) is 7.83. The van der Waals surface area contributed by atoms with Crippen LogP contribution in [-0.2, 0) is 12.8 Å². The summed E-state index contributed by atoms with van der Waals surface area (Å²) in [5.74, 6) is 2.61. The van der Waals surface area contributed by atoms with Crippen molar-refractivity contribution in [2.45, 2.75) is 90.4 Å². The van der Waals surface area contributed by atoms with Gasteiger partial charge in [0.2, 0.25) is 0 Å². The summed E-state index contributed by atoms with van der Waals surface area (Å²) in [6.45, 7) is 2.41. The van der Waals surface area contributed by atoms with Gasteiger partial charge in [0.1, 0.15) is 0 Å². The Morgan fingerprint density at radius 3 is 1.80 bits per heavy atom. The van der Waals surface area contributed by atoms with Crippen molar-refractivity contribution in [3.8, 4) is 0 Å². The minimum atomic E-state index is -1.29. The molecule has 0 saturated heterocycles. The Hall–Kier alpha value is -0.990. The Balaban J connectivity index is 1.19. The van der Waals surface area contributed by atoms with E-state index in [9.17, 15) is 13.2 Å². The minimum Gasteiger partial charge on any atom is -0.204 e. The molecule has 0 nitrogen and oxygen atoms in total. The van der Waals surface area contributed by atoms with Gasteiger partial charge in [-0.3, -0.25) is 0 Å². The van der Waals surface area contributed by atoms with Gasteiger partial charge in [-0.25, -0.2) is 13.2 Å². The number of benzene rings is 1. The van der Waals surface area contributed by atoms with Crippen molar-refractivity contribution in [3.05, 3.63) is 34.6 Å². The molecule has 1 aromatic carbocycles. The largest absolute Gasteiger partial charge is 0.204 e. The van der Waals surface area contributed by atoms with Gasteiger partial charge in [-0.15, -0.1) is 0 Å². The first-order valence-electron chi connectivity index (χ1n) is 12.6. The van der Waals surface area contributed by atoms with Crippen LogP contribution in [0.15, 0.2) is 6.07 Å². The highest BCUT2D eigenvalue weighted by Gasteiger charge is 2.41. The Morgan fingerprint density at radius 2 is 1.17 bits per heavy atom.